The Labute approximate surface area is 136 Å². The summed E-state index contributed by atoms with van der Waals surface area (Å²) in [6.07, 6.45) is 0.187. The zero-order valence-corrected chi connectivity index (χ0v) is 12.9. The van der Waals surface area contributed by atoms with Gasteiger partial charge in [-0.15, -0.1) is 0 Å². The van der Waals surface area contributed by atoms with Crippen LogP contribution in [0.1, 0.15) is 22.8 Å². The zero-order chi connectivity index (χ0) is 15.6. The van der Waals surface area contributed by atoms with Crippen molar-refractivity contribution in [2.75, 3.05) is 4.90 Å². The van der Waals surface area contributed by atoms with Gasteiger partial charge in [-0.3, -0.25) is 0 Å². The average molecular weight is 301 g/mol. The Morgan fingerprint density at radius 1 is 0.783 bits per heavy atom. The first-order chi connectivity index (χ1) is 11.3. The van der Waals surface area contributed by atoms with Crippen LogP contribution in [0.25, 0.3) is 0 Å². The highest BCUT2D eigenvalue weighted by Gasteiger charge is 2.25. The molecule has 0 bridgehead atoms. The molecule has 23 heavy (non-hydrogen) atoms. The number of hydrogen-bond donors (Lipinski definition) is 1. The summed E-state index contributed by atoms with van der Waals surface area (Å²) < 4.78 is 0. The van der Waals surface area contributed by atoms with Gasteiger partial charge >= 0.3 is 0 Å². The van der Waals surface area contributed by atoms with Crippen molar-refractivity contribution in [3.63, 3.8) is 0 Å². The molecule has 1 unspecified atom stereocenters. The van der Waals surface area contributed by atoms with Crippen molar-refractivity contribution in [2.45, 2.75) is 19.1 Å². The van der Waals surface area contributed by atoms with Crippen LogP contribution in [0, 0.1) is 0 Å². The van der Waals surface area contributed by atoms with E-state index in [4.69, 9.17) is 0 Å². The Bertz CT molecular complexity index is 813. The van der Waals surface area contributed by atoms with Gasteiger partial charge in [-0.1, -0.05) is 66.7 Å². The van der Waals surface area contributed by atoms with Crippen molar-refractivity contribution in [2.24, 2.45) is 0 Å². The summed E-state index contributed by atoms with van der Waals surface area (Å²) >= 11 is 0. The lowest BCUT2D eigenvalue weighted by molar-refractivity contribution is 0.180. The fraction of sp³-hybridized carbons (Fsp3) is 0.143. The third-order valence-electron chi connectivity index (χ3n) is 4.47. The van der Waals surface area contributed by atoms with Crippen molar-refractivity contribution in [3.8, 4) is 0 Å². The molecule has 1 N–H and O–H groups in total. The lowest BCUT2D eigenvalue weighted by Gasteiger charge is -2.27. The number of rotatable bonds is 2. The predicted octanol–water partition coefficient (Wildman–Crippen LogP) is 4.61. The van der Waals surface area contributed by atoms with Gasteiger partial charge in [0.1, 0.15) is 0 Å². The second-order valence-electron chi connectivity index (χ2n) is 5.98. The first kappa shape index (κ1) is 14.0. The lowest BCUT2D eigenvalue weighted by Crippen LogP contribution is -2.17. The summed E-state index contributed by atoms with van der Waals surface area (Å²) in [5.74, 6) is 0. The fourth-order valence-electron chi connectivity index (χ4n) is 3.35. The van der Waals surface area contributed by atoms with E-state index in [9.17, 15) is 5.11 Å². The number of hydrogen-bond acceptors (Lipinski definition) is 2. The Balaban J connectivity index is 1.87. The van der Waals surface area contributed by atoms with E-state index in [1.807, 2.05) is 30.3 Å². The molecule has 2 nitrogen and oxygen atoms in total. The third-order valence-corrected chi connectivity index (χ3v) is 4.47. The number of anilines is 2. The first-order valence-corrected chi connectivity index (χ1v) is 7.99. The second kappa shape index (κ2) is 5.90. The number of benzene rings is 3. The van der Waals surface area contributed by atoms with E-state index in [1.165, 1.54) is 16.8 Å². The molecule has 0 aliphatic carbocycles. The van der Waals surface area contributed by atoms with Crippen LogP contribution in [0.5, 0.6) is 0 Å². The minimum Gasteiger partial charge on any atom is -0.388 e. The van der Waals surface area contributed by atoms with Crippen molar-refractivity contribution in [3.05, 3.63) is 95.6 Å². The van der Waals surface area contributed by atoms with Crippen molar-refractivity contribution in [1.29, 1.82) is 0 Å². The zero-order valence-electron chi connectivity index (χ0n) is 12.9. The highest BCUT2D eigenvalue weighted by molar-refractivity contribution is 5.71. The molecule has 3 aromatic carbocycles. The molecule has 0 spiro atoms. The first-order valence-electron chi connectivity index (χ1n) is 7.99. The third kappa shape index (κ3) is 2.62. The summed E-state index contributed by atoms with van der Waals surface area (Å²) in [5.41, 5.74) is 5.72. The lowest BCUT2D eigenvalue weighted by atomic mass is 10.0. The van der Waals surface area contributed by atoms with E-state index in [2.05, 4.69) is 53.4 Å². The van der Waals surface area contributed by atoms with Crippen LogP contribution in [-0.4, -0.2) is 5.11 Å². The van der Waals surface area contributed by atoms with Gasteiger partial charge < -0.3 is 10.0 Å². The summed E-state index contributed by atoms with van der Waals surface area (Å²) in [4.78, 5) is 2.32. The summed E-state index contributed by atoms with van der Waals surface area (Å²) in [7, 11) is 0. The molecule has 1 atom stereocenters. The standard InChI is InChI=1S/C21H19NO/c23-21-14-17-10-4-6-12-19(17)22(15-16-8-2-1-3-9-16)20-13-7-5-11-18(20)21/h1-13,21,23H,14-15H2. The normalized spacial score (nSPS) is 16.4. The van der Waals surface area contributed by atoms with Crippen LogP contribution in [-0.2, 0) is 13.0 Å². The molecular weight excluding hydrogens is 282 g/mol. The van der Waals surface area contributed by atoms with E-state index in [0.717, 1.165) is 17.8 Å². The molecule has 1 heterocycles. The molecule has 0 fully saturated rings. The van der Waals surface area contributed by atoms with Crippen LogP contribution in [0.4, 0.5) is 11.4 Å². The Morgan fingerprint density at radius 3 is 2.26 bits per heavy atom. The quantitative estimate of drug-likeness (QED) is 0.747. The highest BCUT2D eigenvalue weighted by atomic mass is 16.3. The van der Waals surface area contributed by atoms with E-state index in [1.54, 1.807) is 0 Å². The van der Waals surface area contributed by atoms with Crippen molar-refractivity contribution >= 4 is 11.4 Å². The highest BCUT2D eigenvalue weighted by Crippen LogP contribution is 2.40. The topological polar surface area (TPSA) is 23.5 Å². The average Bonchev–Trinajstić information content (AvgIpc) is 2.72. The molecule has 114 valence electrons. The molecule has 2 heteroatoms. The van der Waals surface area contributed by atoms with E-state index in [-0.39, 0.29) is 0 Å². The van der Waals surface area contributed by atoms with Gasteiger partial charge in [-0.25, -0.2) is 0 Å². The summed E-state index contributed by atoms with van der Waals surface area (Å²) in [6.45, 7) is 0.793. The Morgan fingerprint density at radius 2 is 1.43 bits per heavy atom. The monoisotopic (exact) mass is 301 g/mol. The van der Waals surface area contributed by atoms with Crippen LogP contribution >= 0.6 is 0 Å². The van der Waals surface area contributed by atoms with Crippen LogP contribution in [0.3, 0.4) is 0 Å². The predicted molar refractivity (Wildman–Crippen MR) is 93.8 cm³/mol. The van der Waals surface area contributed by atoms with Gasteiger partial charge in [0.15, 0.2) is 0 Å². The molecule has 1 aliphatic rings. The Kier molecular flexibility index (Phi) is 3.60. The summed E-state index contributed by atoms with van der Waals surface area (Å²) in [6, 6.07) is 27.0. The molecule has 0 aromatic heterocycles. The maximum Gasteiger partial charge on any atom is 0.0851 e. The molecule has 0 amide bonds. The fourth-order valence-corrected chi connectivity index (χ4v) is 3.35. The minimum atomic E-state index is -0.465. The molecule has 1 aliphatic heterocycles. The molecule has 4 rings (SSSR count). The molecular formula is C21H19NO. The number of fused-ring (bicyclic) bond motifs is 2. The maximum absolute atomic E-state index is 10.6. The molecule has 3 aromatic rings. The van der Waals surface area contributed by atoms with E-state index in [0.29, 0.717) is 6.42 Å². The van der Waals surface area contributed by atoms with Crippen LogP contribution in [0.2, 0.25) is 0 Å². The number of para-hydroxylation sites is 2. The van der Waals surface area contributed by atoms with Crippen molar-refractivity contribution < 1.29 is 5.11 Å². The van der Waals surface area contributed by atoms with Gasteiger partial charge in [-0.05, 0) is 23.3 Å². The van der Waals surface area contributed by atoms with Gasteiger partial charge in [0.25, 0.3) is 0 Å². The SMILES string of the molecule is OC1Cc2ccccc2N(Cc2ccccc2)c2ccccc21. The maximum atomic E-state index is 10.6. The van der Waals surface area contributed by atoms with Gasteiger partial charge in [-0.2, -0.15) is 0 Å². The number of nitrogens with zero attached hydrogens (tertiary/aromatic N) is 1. The minimum absolute atomic E-state index is 0.465. The van der Waals surface area contributed by atoms with E-state index < -0.39 is 6.10 Å². The van der Waals surface area contributed by atoms with Gasteiger partial charge in [0.2, 0.25) is 0 Å². The van der Waals surface area contributed by atoms with Crippen LogP contribution in [0.15, 0.2) is 78.9 Å². The van der Waals surface area contributed by atoms with Gasteiger partial charge in [0, 0.05) is 29.9 Å². The van der Waals surface area contributed by atoms with Crippen LogP contribution < -0.4 is 4.90 Å². The molecule has 0 saturated heterocycles. The molecule has 0 saturated carbocycles. The second-order valence-corrected chi connectivity index (χ2v) is 5.98. The number of aliphatic hydroxyl groups excluding tert-OH is 1. The molecule has 0 radical (unpaired) electrons. The number of aliphatic hydroxyl groups is 1. The van der Waals surface area contributed by atoms with Crippen molar-refractivity contribution in [1.82, 2.24) is 0 Å². The largest absolute Gasteiger partial charge is 0.388 e. The van der Waals surface area contributed by atoms with Gasteiger partial charge in [0.05, 0.1) is 6.10 Å². The van der Waals surface area contributed by atoms with E-state index >= 15 is 0 Å². The smallest absolute Gasteiger partial charge is 0.0851 e. The summed E-state index contributed by atoms with van der Waals surface area (Å²) in [5, 5.41) is 10.6. The Hall–Kier alpha value is -2.58.